The Morgan fingerprint density at radius 1 is 1.56 bits per heavy atom. The summed E-state index contributed by atoms with van der Waals surface area (Å²) in [5.41, 5.74) is 0. The fourth-order valence-electron chi connectivity index (χ4n) is 2.05. The minimum Gasteiger partial charge on any atom is -0.351 e. The van der Waals surface area contributed by atoms with Crippen molar-refractivity contribution < 1.29 is 4.79 Å². The molecule has 1 rings (SSSR count). The smallest absolute Gasteiger partial charge is 0.234 e. The van der Waals surface area contributed by atoms with Crippen LogP contribution in [0.1, 0.15) is 26.2 Å². The number of nitrogens with one attached hydrogen (secondary N) is 2. The highest BCUT2D eigenvalue weighted by molar-refractivity contribution is 7.99. The van der Waals surface area contributed by atoms with E-state index in [1.807, 2.05) is 11.8 Å². The molecule has 4 heteroatoms. The first-order chi connectivity index (χ1) is 7.77. The van der Waals surface area contributed by atoms with E-state index in [0.29, 0.717) is 24.4 Å². The number of hydrogen-bond acceptors (Lipinski definition) is 3. The first-order valence-electron chi connectivity index (χ1n) is 6.00. The van der Waals surface area contributed by atoms with Crippen molar-refractivity contribution in [1.82, 2.24) is 10.6 Å². The van der Waals surface area contributed by atoms with Crippen molar-refractivity contribution in [3.05, 3.63) is 12.7 Å². The largest absolute Gasteiger partial charge is 0.351 e. The monoisotopic (exact) mass is 242 g/mol. The van der Waals surface area contributed by atoms with E-state index in [-0.39, 0.29) is 5.91 Å². The summed E-state index contributed by atoms with van der Waals surface area (Å²) in [6.07, 6.45) is 5.37. The molecule has 0 heterocycles. The molecule has 0 aromatic rings. The van der Waals surface area contributed by atoms with E-state index in [0.717, 1.165) is 12.2 Å². The van der Waals surface area contributed by atoms with E-state index < -0.39 is 0 Å². The summed E-state index contributed by atoms with van der Waals surface area (Å²) >= 11 is 1.97. The molecule has 1 saturated carbocycles. The topological polar surface area (TPSA) is 41.1 Å². The molecule has 16 heavy (non-hydrogen) atoms. The lowest BCUT2D eigenvalue weighted by molar-refractivity contribution is -0.120. The molecule has 1 aliphatic rings. The second kappa shape index (κ2) is 7.74. The Balaban J connectivity index is 2.23. The van der Waals surface area contributed by atoms with Crippen LogP contribution < -0.4 is 10.6 Å². The normalized spacial score (nSPS) is 24.3. The van der Waals surface area contributed by atoms with Crippen LogP contribution in [0.3, 0.4) is 0 Å². The zero-order chi connectivity index (χ0) is 11.8. The highest BCUT2D eigenvalue weighted by Crippen LogP contribution is 2.29. The summed E-state index contributed by atoms with van der Waals surface area (Å²) in [4.78, 5) is 11.6. The van der Waals surface area contributed by atoms with Gasteiger partial charge in [0, 0.05) is 17.8 Å². The van der Waals surface area contributed by atoms with Gasteiger partial charge in [0.05, 0.1) is 6.54 Å². The van der Waals surface area contributed by atoms with Gasteiger partial charge in [0.15, 0.2) is 0 Å². The van der Waals surface area contributed by atoms with Gasteiger partial charge >= 0.3 is 0 Å². The first-order valence-corrected chi connectivity index (χ1v) is 7.05. The van der Waals surface area contributed by atoms with Crippen molar-refractivity contribution in [3.8, 4) is 0 Å². The van der Waals surface area contributed by atoms with Crippen LogP contribution in [-0.2, 0) is 4.79 Å². The van der Waals surface area contributed by atoms with Crippen LogP contribution in [0.2, 0.25) is 0 Å². The zero-order valence-electron chi connectivity index (χ0n) is 10.00. The number of carbonyl (C=O) groups is 1. The van der Waals surface area contributed by atoms with Crippen LogP contribution in [0.25, 0.3) is 0 Å². The molecule has 3 nitrogen and oxygen atoms in total. The molecule has 0 spiro atoms. The molecule has 0 aliphatic heterocycles. The average molecular weight is 242 g/mol. The molecule has 0 radical (unpaired) electrons. The van der Waals surface area contributed by atoms with E-state index in [4.69, 9.17) is 0 Å². The van der Waals surface area contributed by atoms with Gasteiger partial charge in [0.2, 0.25) is 5.91 Å². The second-order valence-electron chi connectivity index (χ2n) is 4.02. The van der Waals surface area contributed by atoms with Crippen LogP contribution in [0, 0.1) is 0 Å². The summed E-state index contributed by atoms with van der Waals surface area (Å²) in [6, 6.07) is 0.378. The fraction of sp³-hybridized carbons (Fsp3) is 0.750. The van der Waals surface area contributed by atoms with Crippen molar-refractivity contribution >= 4 is 17.7 Å². The molecule has 2 atom stereocenters. The maximum atomic E-state index is 11.6. The quantitative estimate of drug-likeness (QED) is 0.526. The van der Waals surface area contributed by atoms with E-state index in [2.05, 4.69) is 24.1 Å². The van der Waals surface area contributed by atoms with Gasteiger partial charge in [0.1, 0.15) is 0 Å². The van der Waals surface area contributed by atoms with Crippen LogP contribution >= 0.6 is 11.8 Å². The van der Waals surface area contributed by atoms with E-state index >= 15 is 0 Å². The van der Waals surface area contributed by atoms with Crippen molar-refractivity contribution in [2.24, 2.45) is 0 Å². The minimum atomic E-state index is 0.107. The van der Waals surface area contributed by atoms with Crippen LogP contribution in [0.5, 0.6) is 0 Å². The van der Waals surface area contributed by atoms with Crippen molar-refractivity contribution in [2.75, 3.05) is 18.8 Å². The van der Waals surface area contributed by atoms with Gasteiger partial charge in [-0.3, -0.25) is 4.79 Å². The third kappa shape index (κ3) is 4.58. The molecule has 1 fully saturated rings. The Bertz CT molecular complexity index is 233. The van der Waals surface area contributed by atoms with Crippen LogP contribution in [-0.4, -0.2) is 36.0 Å². The fourth-order valence-corrected chi connectivity index (χ4v) is 3.25. The number of thioether (sulfide) groups is 1. The van der Waals surface area contributed by atoms with Crippen molar-refractivity contribution in [1.29, 1.82) is 0 Å². The van der Waals surface area contributed by atoms with Gasteiger partial charge in [-0.25, -0.2) is 0 Å². The summed E-state index contributed by atoms with van der Waals surface area (Å²) in [7, 11) is 0. The van der Waals surface area contributed by atoms with Gasteiger partial charge < -0.3 is 10.6 Å². The number of carbonyl (C=O) groups excluding carboxylic acids is 1. The molecule has 0 aromatic carbocycles. The molecule has 92 valence electrons. The Hall–Kier alpha value is -0.480. The lowest BCUT2D eigenvalue weighted by atomic mass is 10.2. The van der Waals surface area contributed by atoms with Crippen molar-refractivity contribution in [3.63, 3.8) is 0 Å². The second-order valence-corrected chi connectivity index (χ2v) is 5.53. The molecule has 2 N–H and O–H groups in total. The average Bonchev–Trinajstić information content (AvgIpc) is 2.67. The number of amides is 1. The van der Waals surface area contributed by atoms with Gasteiger partial charge in [-0.05, 0) is 18.6 Å². The van der Waals surface area contributed by atoms with Crippen LogP contribution in [0.4, 0.5) is 0 Å². The van der Waals surface area contributed by atoms with Crippen LogP contribution in [0.15, 0.2) is 12.7 Å². The Morgan fingerprint density at radius 3 is 3.06 bits per heavy atom. The molecule has 0 bridgehead atoms. The zero-order valence-corrected chi connectivity index (χ0v) is 10.8. The molecular weight excluding hydrogens is 220 g/mol. The predicted octanol–water partition coefficient (Wildman–Crippen LogP) is 1.55. The summed E-state index contributed by atoms with van der Waals surface area (Å²) in [5, 5.41) is 6.75. The molecular formula is C12H22N2OS. The van der Waals surface area contributed by atoms with Gasteiger partial charge in [-0.1, -0.05) is 19.4 Å². The highest BCUT2D eigenvalue weighted by atomic mass is 32.2. The highest BCUT2D eigenvalue weighted by Gasteiger charge is 2.27. The van der Waals surface area contributed by atoms with Gasteiger partial charge in [0.25, 0.3) is 0 Å². The lowest BCUT2D eigenvalue weighted by Crippen LogP contribution is -2.43. The molecule has 0 aromatic heterocycles. The summed E-state index contributed by atoms with van der Waals surface area (Å²) in [5.74, 6) is 1.24. The summed E-state index contributed by atoms with van der Waals surface area (Å²) < 4.78 is 0. The standard InChI is InChI=1S/C12H22N2OS/c1-3-8-13-9-12(15)14-10-6-5-7-11(10)16-4-2/h3,10-11,13H,1,4-9H2,2H3,(H,14,15). The van der Waals surface area contributed by atoms with Crippen molar-refractivity contribution in [2.45, 2.75) is 37.5 Å². The first kappa shape index (κ1) is 13.6. The molecule has 2 unspecified atom stereocenters. The van der Waals surface area contributed by atoms with Gasteiger partial charge in [-0.2, -0.15) is 11.8 Å². The van der Waals surface area contributed by atoms with Gasteiger partial charge in [-0.15, -0.1) is 6.58 Å². The third-order valence-corrected chi connectivity index (χ3v) is 4.08. The van der Waals surface area contributed by atoms with E-state index in [1.165, 1.54) is 12.8 Å². The lowest BCUT2D eigenvalue weighted by Gasteiger charge is -2.20. The van der Waals surface area contributed by atoms with E-state index in [9.17, 15) is 4.79 Å². The molecule has 0 saturated heterocycles. The Morgan fingerprint density at radius 2 is 2.38 bits per heavy atom. The molecule has 1 aliphatic carbocycles. The van der Waals surface area contributed by atoms with E-state index in [1.54, 1.807) is 6.08 Å². The summed E-state index contributed by atoms with van der Waals surface area (Å²) in [6.45, 7) is 6.85. The number of hydrogen-bond donors (Lipinski definition) is 2. The maximum Gasteiger partial charge on any atom is 0.234 e. The Labute approximate surface area is 102 Å². The maximum absolute atomic E-state index is 11.6. The SMILES string of the molecule is C=CCNCC(=O)NC1CCCC1SCC. The third-order valence-electron chi connectivity index (χ3n) is 2.75. The Kier molecular flexibility index (Phi) is 6.57. The molecule has 1 amide bonds. The minimum absolute atomic E-state index is 0.107. The number of rotatable bonds is 7. The predicted molar refractivity (Wildman–Crippen MR) is 70.8 cm³/mol.